The molecule has 12 atom stereocenters. The lowest BCUT2D eigenvalue weighted by atomic mass is 9.87. The standard InChI is InChI=1S/C88H116N20O22S/c1-48-11-8-15-59-57(46-95-73(48)59)43-66-80(121)97-60(16-10-33-94-87(92)128)75(116)104-69(47-131-38-28-63(96-51(4)111)77(118)98-61(23-25-70(90)112)78(119)106-74(50(3)110)84(125)102-66)82(123)99-64(40-52-18-21-58(22-19-52)130-37-31-89)79(120)100-65(41-53-17-20-55-13-6-7-14-56(55)39-53)83(124)107-88(29-35-129-36-30-88)86(127)105-62(24-26-72(114)115)76(117)101-67(44-71(91)113)81(122)103-68(42-54-12-9-32-93-45-54)85(126)108(5)34-27-49(2)109/h6-9,11-15,17-22,32,39,45-46,50,60-69,74,95,110H,10,16,23-31,33-38,40-44,47,89H2,1-5H3,(H2,90,112)(H2,91,113)(H,96,111)(H,97,121)(H,98,118)(H,99,123)(H,100,120)(H,101,117)(H,102,125)(H,103,122)(H,104,116)(H,105,127)(H,106,119)(H,107,124)(H,114,115)(H3,92,94,128)/t50-,60+,61+,62+,63+,64+,65+,66+,67+,68+,69+,74+/m1/s1. The largest absolute Gasteiger partial charge is 0.492 e. The van der Waals surface area contributed by atoms with Gasteiger partial charge in [-0.3, -0.25) is 86.5 Å². The number of urea groups is 1. The number of aromatic amines is 1. The number of likely N-dealkylation sites (N-methyl/N-ethyl adjacent to an activating group) is 1. The van der Waals surface area contributed by atoms with E-state index in [2.05, 4.69) is 79.1 Å². The highest BCUT2D eigenvalue weighted by atomic mass is 32.2. The molecule has 706 valence electrons. The molecule has 4 aromatic carbocycles. The quantitative estimate of drug-likeness (QED) is 0.0171. The highest BCUT2D eigenvalue weighted by Crippen LogP contribution is 2.27. The molecule has 0 aliphatic carbocycles. The van der Waals surface area contributed by atoms with Crippen LogP contribution in [0.5, 0.6) is 5.75 Å². The molecule has 0 saturated carbocycles. The van der Waals surface area contributed by atoms with E-state index in [0.29, 0.717) is 44.3 Å². The number of thioether (sulfide) groups is 1. The Morgan fingerprint density at radius 3 is 1.95 bits per heavy atom. The number of fused-ring (bicyclic) bond motifs is 2. The van der Waals surface area contributed by atoms with E-state index in [1.54, 1.807) is 91.1 Å². The van der Waals surface area contributed by atoms with Crippen molar-refractivity contribution in [2.24, 2.45) is 22.9 Å². The van der Waals surface area contributed by atoms with Gasteiger partial charge in [0.2, 0.25) is 88.6 Å². The summed E-state index contributed by atoms with van der Waals surface area (Å²) in [6.45, 7) is 4.99. The fourth-order valence-corrected chi connectivity index (χ4v) is 15.8. The van der Waals surface area contributed by atoms with Crippen molar-refractivity contribution in [2.75, 3.05) is 58.0 Å². The first-order chi connectivity index (χ1) is 62.4. The molecule has 0 bridgehead atoms. The van der Waals surface area contributed by atoms with Gasteiger partial charge < -0.3 is 122 Å². The molecule has 2 saturated heterocycles. The maximum Gasteiger partial charge on any atom is 0.312 e. The Bertz CT molecular complexity index is 5090. The average molecular weight is 1840 g/mol. The summed E-state index contributed by atoms with van der Waals surface area (Å²) in [4.78, 5) is 263. The minimum atomic E-state index is -2.08. The predicted octanol–water partition coefficient (Wildman–Crippen LogP) is -2.94. The van der Waals surface area contributed by atoms with Crippen molar-refractivity contribution < 1.29 is 106 Å². The van der Waals surface area contributed by atoms with Crippen LogP contribution in [0, 0.1) is 6.92 Å². The van der Waals surface area contributed by atoms with Crippen LogP contribution in [0.25, 0.3) is 21.7 Å². The number of ketones is 1. The summed E-state index contributed by atoms with van der Waals surface area (Å²) in [6, 6.07) is 7.38. The van der Waals surface area contributed by atoms with Gasteiger partial charge in [0.05, 0.1) is 12.5 Å². The van der Waals surface area contributed by atoms with Crippen molar-refractivity contribution in [1.29, 1.82) is 0 Å². The number of hydrogen-bond donors (Lipinski definition) is 20. The molecule has 8 rings (SSSR count). The Labute approximate surface area is 758 Å². The lowest BCUT2D eigenvalue weighted by Crippen LogP contribution is -2.67. The molecule has 2 aromatic heterocycles. The number of amides is 17. The van der Waals surface area contributed by atoms with E-state index in [-0.39, 0.29) is 109 Å². The number of nitrogens with two attached hydrogens (primary N) is 4. The number of para-hydroxylation sites is 1. The van der Waals surface area contributed by atoms with Gasteiger partial charge in [-0.1, -0.05) is 78.9 Å². The first-order valence-electron chi connectivity index (χ1n) is 42.8. The van der Waals surface area contributed by atoms with Gasteiger partial charge in [0, 0.05) is 140 Å². The maximum atomic E-state index is 15.9. The van der Waals surface area contributed by atoms with Crippen LogP contribution in [0.4, 0.5) is 4.79 Å². The number of nitrogens with zero attached hydrogens (tertiary/aromatic N) is 2. The number of benzene rings is 4. The number of H-pyrrole nitrogens is 1. The zero-order chi connectivity index (χ0) is 95.6. The number of aromatic nitrogens is 2. The summed E-state index contributed by atoms with van der Waals surface area (Å²) in [5.74, 6) is -17.3. The molecule has 42 nitrogen and oxygen atoms in total. The van der Waals surface area contributed by atoms with E-state index in [1.807, 2.05) is 19.1 Å². The van der Waals surface area contributed by atoms with E-state index >= 15 is 28.8 Å². The third-order valence-electron chi connectivity index (χ3n) is 21.9. The number of carboxylic acid groups (broad SMARTS) is 1. The summed E-state index contributed by atoms with van der Waals surface area (Å²) in [7, 11) is 1.40. The fraction of sp³-hybridized carbons (Fsp3) is 0.466. The summed E-state index contributed by atoms with van der Waals surface area (Å²) in [5, 5.41) is 57.1. The smallest absolute Gasteiger partial charge is 0.312 e. The number of pyridine rings is 1. The minimum Gasteiger partial charge on any atom is -0.492 e. The molecule has 0 unspecified atom stereocenters. The Morgan fingerprint density at radius 1 is 0.656 bits per heavy atom. The van der Waals surface area contributed by atoms with Crippen LogP contribution >= 0.6 is 11.8 Å². The normalized spacial score (nSPS) is 18.9. The Balaban J connectivity index is 1.18. The second kappa shape index (κ2) is 50.3. The number of carbonyl (C=O) groups excluding carboxylic acids is 17. The van der Waals surface area contributed by atoms with Crippen molar-refractivity contribution in [1.82, 2.24) is 84.0 Å². The van der Waals surface area contributed by atoms with E-state index in [9.17, 15) is 67.7 Å². The first-order valence-corrected chi connectivity index (χ1v) is 43.9. The topological polar surface area (TPSA) is 659 Å². The fourth-order valence-electron chi connectivity index (χ4n) is 14.7. The molecule has 2 fully saturated rings. The summed E-state index contributed by atoms with van der Waals surface area (Å²) < 4.78 is 11.5. The lowest BCUT2D eigenvalue weighted by molar-refractivity contribution is -0.142. The van der Waals surface area contributed by atoms with Crippen molar-refractivity contribution >= 4 is 140 Å². The number of carboxylic acids is 1. The summed E-state index contributed by atoms with van der Waals surface area (Å²) in [6.07, 6.45) is -3.19. The van der Waals surface area contributed by atoms with Gasteiger partial charge in [-0.25, -0.2) is 4.79 Å². The highest BCUT2D eigenvalue weighted by Gasteiger charge is 2.46. The number of aliphatic hydroxyl groups is 1. The molecule has 24 N–H and O–H groups in total. The maximum absolute atomic E-state index is 15.9. The van der Waals surface area contributed by atoms with Gasteiger partial charge in [0.15, 0.2) is 0 Å². The zero-order valence-electron chi connectivity index (χ0n) is 73.3. The third kappa shape index (κ3) is 32.2. The number of aliphatic carboxylic acids is 1. The number of carbonyl (C=O) groups is 18. The number of aryl methyl sites for hydroxylation is 1. The van der Waals surface area contributed by atoms with Crippen LogP contribution in [0.15, 0.2) is 116 Å². The number of ether oxygens (including phenoxy) is 2. The third-order valence-corrected chi connectivity index (χ3v) is 23.0. The zero-order valence-corrected chi connectivity index (χ0v) is 74.1. The Morgan fingerprint density at radius 2 is 1.29 bits per heavy atom. The number of rotatable bonds is 41. The van der Waals surface area contributed by atoms with Crippen LogP contribution in [-0.2, 0) is 112 Å². The van der Waals surface area contributed by atoms with Gasteiger partial charge in [0.1, 0.15) is 90.1 Å². The Hall–Kier alpha value is -13.7. The van der Waals surface area contributed by atoms with Crippen molar-refractivity contribution in [3.05, 3.63) is 143 Å². The van der Waals surface area contributed by atoms with Crippen LogP contribution in [-0.4, -0.2) is 268 Å². The highest BCUT2D eigenvalue weighted by molar-refractivity contribution is 7.99. The molecule has 4 heterocycles. The van der Waals surface area contributed by atoms with Crippen LogP contribution in [0.1, 0.15) is 119 Å². The van der Waals surface area contributed by atoms with Crippen molar-refractivity contribution in [3.63, 3.8) is 0 Å². The predicted molar refractivity (Wildman–Crippen MR) is 477 cm³/mol. The molecule has 0 radical (unpaired) electrons. The van der Waals surface area contributed by atoms with Gasteiger partial charge >= 0.3 is 12.0 Å². The molecule has 43 heteroatoms. The summed E-state index contributed by atoms with van der Waals surface area (Å²) >= 11 is 0.932. The number of nitrogens with one attached hydrogen (secondary N) is 14. The van der Waals surface area contributed by atoms with Gasteiger partial charge in [-0.15, -0.1) is 0 Å². The number of primary amides is 3. The molecule has 131 heavy (non-hydrogen) atoms. The number of aliphatic hydroxyl groups excluding tert-OH is 1. The second-order valence-corrected chi connectivity index (χ2v) is 33.4. The molecule has 0 spiro atoms. The van der Waals surface area contributed by atoms with Crippen LogP contribution in [0.3, 0.4) is 0 Å². The Kier molecular flexibility index (Phi) is 39.5. The molecule has 17 amide bonds. The monoisotopic (exact) mass is 1840 g/mol. The molecule has 2 aliphatic rings. The number of Topliss-reactive ketones (excluding diaryl/α,β-unsaturated/α-hetero) is 1. The summed E-state index contributed by atoms with van der Waals surface area (Å²) in [5.41, 5.74) is 23.5. The van der Waals surface area contributed by atoms with E-state index < -0.39 is 223 Å². The van der Waals surface area contributed by atoms with Crippen LogP contribution < -0.4 is 96.8 Å². The van der Waals surface area contributed by atoms with Crippen LogP contribution in [0.2, 0.25) is 0 Å². The molecular weight excluding hydrogens is 1720 g/mol. The van der Waals surface area contributed by atoms with Gasteiger partial charge in [-0.05, 0) is 115 Å². The van der Waals surface area contributed by atoms with E-state index in [0.717, 1.165) is 36.6 Å². The van der Waals surface area contributed by atoms with E-state index in [4.69, 9.17) is 32.4 Å². The van der Waals surface area contributed by atoms with Crippen molar-refractivity contribution in [3.8, 4) is 5.75 Å². The van der Waals surface area contributed by atoms with Gasteiger partial charge in [-0.2, -0.15) is 11.8 Å². The molecule has 2 aliphatic heterocycles. The average Bonchev–Trinajstić information content (AvgIpc) is 1.07. The molecular formula is C88H116N20O22S. The van der Waals surface area contributed by atoms with Crippen molar-refractivity contribution in [2.45, 2.75) is 202 Å². The first kappa shape index (κ1) is 103. The van der Waals surface area contributed by atoms with E-state index in [1.165, 1.54) is 31.3 Å². The SMILES string of the molecule is CC(=O)CCN(C)C(=O)[C@H](Cc1cccnc1)NC(=O)[C@H](CC(N)=O)NC(=O)[C@H](CCC(=O)O)NC(=O)C1(NC(=O)[C@H](Cc2ccc3ccccc3c2)NC(=O)[C@H](Cc2ccc(OCCN)cc2)NC(=O)[C@@H]2CSCC[C@H](NC(C)=O)C(=O)N[C@@H](CCC(N)=O)C(=O)N[C@@H]([C@@H](C)O)C(=O)N[C@@H](Cc3c[nH]c4c(C)cccc34)C(=O)N[C@@H](CCCNC(N)=O)C(=O)N2)CCOCC1. The van der Waals surface area contributed by atoms with Gasteiger partial charge in [0.25, 0.3) is 0 Å². The molecule has 6 aromatic rings. The lowest BCUT2D eigenvalue weighted by Gasteiger charge is -2.38. The number of hydrogen-bond acceptors (Lipinski definition) is 24. The second-order valence-electron chi connectivity index (χ2n) is 32.2. The minimum absolute atomic E-state index is 0.0361.